The van der Waals surface area contributed by atoms with Crippen molar-refractivity contribution >= 4 is 21.6 Å². The van der Waals surface area contributed by atoms with Crippen molar-refractivity contribution in [3.05, 3.63) is 60.7 Å². The van der Waals surface area contributed by atoms with Gasteiger partial charge in [0.2, 0.25) is 8.32 Å². The van der Waals surface area contributed by atoms with E-state index in [9.17, 15) is 0 Å². The van der Waals surface area contributed by atoms with Gasteiger partial charge in [-0.2, -0.15) is 0 Å². The molecule has 0 atom stereocenters. The first-order chi connectivity index (χ1) is 9.68. The molecule has 0 aliphatic carbocycles. The molecular formula is C18H28OSi2. The quantitative estimate of drug-likeness (QED) is 0.713. The summed E-state index contributed by atoms with van der Waals surface area (Å²) in [7, 11) is -2.43. The SMILES string of the molecule is C[Si](C)(C)Oc1ccccc1.C[Si](C)(C)c1ccccc1. The Balaban J connectivity index is 0.000000211. The topological polar surface area (TPSA) is 9.23 Å². The van der Waals surface area contributed by atoms with Crippen LogP contribution >= 0.6 is 0 Å². The lowest BCUT2D eigenvalue weighted by atomic mass is 10.3. The van der Waals surface area contributed by atoms with E-state index in [-0.39, 0.29) is 0 Å². The Morgan fingerprint density at radius 2 is 1.05 bits per heavy atom. The second-order valence-electron chi connectivity index (χ2n) is 7.14. The molecule has 0 radical (unpaired) electrons. The average molecular weight is 317 g/mol. The van der Waals surface area contributed by atoms with Crippen molar-refractivity contribution in [2.24, 2.45) is 0 Å². The van der Waals surface area contributed by atoms with Crippen LogP contribution in [0.5, 0.6) is 5.75 Å². The lowest BCUT2D eigenvalue weighted by Crippen LogP contribution is -2.37. The minimum absolute atomic E-state index is 0.992. The highest BCUT2D eigenvalue weighted by atomic mass is 28.4. The summed E-state index contributed by atoms with van der Waals surface area (Å²) in [5.74, 6) is 0.992. The molecule has 2 aromatic rings. The number of hydrogen-bond acceptors (Lipinski definition) is 1. The molecular weight excluding hydrogens is 288 g/mol. The Morgan fingerprint density at radius 1 is 0.619 bits per heavy atom. The van der Waals surface area contributed by atoms with Gasteiger partial charge in [-0.05, 0) is 31.8 Å². The van der Waals surface area contributed by atoms with Gasteiger partial charge in [0, 0.05) is 0 Å². The van der Waals surface area contributed by atoms with Gasteiger partial charge < -0.3 is 4.43 Å². The van der Waals surface area contributed by atoms with Crippen molar-refractivity contribution in [3.63, 3.8) is 0 Å². The van der Waals surface area contributed by atoms with Crippen LogP contribution in [0.15, 0.2) is 60.7 Å². The first kappa shape index (κ1) is 17.7. The van der Waals surface area contributed by atoms with Crippen LogP contribution in [0.25, 0.3) is 0 Å². The van der Waals surface area contributed by atoms with Crippen LogP contribution in [0.1, 0.15) is 0 Å². The lowest BCUT2D eigenvalue weighted by molar-refractivity contribution is 0.558. The standard InChI is InChI=1S/C9H14OSi.C9H14Si/c1-11(2,3)10-9-7-5-4-6-8-9;1-10(2,3)9-7-5-4-6-8-9/h4-8H,1-3H3;4-8H,1-3H3. The van der Waals surface area contributed by atoms with Gasteiger partial charge in [-0.3, -0.25) is 0 Å². The van der Waals surface area contributed by atoms with Crippen molar-refractivity contribution in [2.45, 2.75) is 39.3 Å². The Hall–Kier alpha value is -1.33. The molecule has 0 aliphatic heterocycles. The lowest BCUT2D eigenvalue weighted by Gasteiger charge is -2.18. The average Bonchev–Trinajstić information content (AvgIpc) is 2.39. The molecule has 0 heterocycles. The van der Waals surface area contributed by atoms with Crippen molar-refractivity contribution in [1.29, 1.82) is 0 Å². The van der Waals surface area contributed by atoms with E-state index in [1.165, 1.54) is 5.19 Å². The first-order valence-corrected chi connectivity index (χ1v) is 14.4. The third-order valence-corrected chi connectivity index (χ3v) is 5.72. The van der Waals surface area contributed by atoms with Gasteiger partial charge in [-0.15, -0.1) is 0 Å². The Bertz CT molecular complexity index is 510. The fourth-order valence-corrected chi connectivity index (χ4v) is 3.82. The summed E-state index contributed by atoms with van der Waals surface area (Å²) in [6, 6.07) is 20.8. The molecule has 1 nitrogen and oxygen atoms in total. The van der Waals surface area contributed by atoms with Gasteiger partial charge in [0.15, 0.2) is 0 Å². The molecule has 0 fully saturated rings. The van der Waals surface area contributed by atoms with Crippen LogP contribution in [0, 0.1) is 0 Å². The van der Waals surface area contributed by atoms with Crippen LogP contribution in [0.2, 0.25) is 39.3 Å². The number of hydrogen-bond donors (Lipinski definition) is 0. The van der Waals surface area contributed by atoms with Crippen molar-refractivity contribution in [1.82, 2.24) is 0 Å². The van der Waals surface area contributed by atoms with E-state index in [1.807, 2.05) is 30.3 Å². The van der Waals surface area contributed by atoms with Crippen LogP contribution < -0.4 is 9.61 Å². The van der Waals surface area contributed by atoms with Crippen LogP contribution in [0.4, 0.5) is 0 Å². The van der Waals surface area contributed by atoms with Crippen molar-refractivity contribution < 1.29 is 4.43 Å². The van der Waals surface area contributed by atoms with Crippen LogP contribution in [0.3, 0.4) is 0 Å². The monoisotopic (exact) mass is 316 g/mol. The maximum atomic E-state index is 5.74. The second-order valence-corrected chi connectivity index (χ2v) is 16.6. The number of benzene rings is 2. The minimum atomic E-state index is -1.40. The van der Waals surface area contributed by atoms with Crippen molar-refractivity contribution in [2.75, 3.05) is 0 Å². The molecule has 0 spiro atoms. The summed E-state index contributed by atoms with van der Waals surface area (Å²) < 4.78 is 5.74. The minimum Gasteiger partial charge on any atom is -0.544 e. The maximum absolute atomic E-state index is 5.74. The second kappa shape index (κ2) is 7.62. The zero-order valence-corrected chi connectivity index (χ0v) is 16.2. The summed E-state index contributed by atoms with van der Waals surface area (Å²) in [5, 5.41) is 1.54. The fourth-order valence-electron chi connectivity index (χ4n) is 1.78. The Labute approximate surface area is 132 Å². The zero-order valence-electron chi connectivity index (χ0n) is 14.2. The molecule has 3 heteroatoms. The predicted octanol–water partition coefficient (Wildman–Crippen LogP) is 5.13. The molecule has 2 rings (SSSR count). The highest BCUT2D eigenvalue weighted by Gasteiger charge is 2.15. The van der Waals surface area contributed by atoms with Gasteiger partial charge >= 0.3 is 0 Å². The summed E-state index contributed by atoms with van der Waals surface area (Å²) in [5.41, 5.74) is 0. The molecule has 114 valence electrons. The van der Waals surface area contributed by atoms with Gasteiger partial charge in [0.25, 0.3) is 0 Å². The number of rotatable bonds is 3. The van der Waals surface area contributed by atoms with Crippen molar-refractivity contribution in [3.8, 4) is 5.75 Å². The first-order valence-electron chi connectivity index (χ1n) is 7.48. The van der Waals surface area contributed by atoms with E-state index >= 15 is 0 Å². The van der Waals surface area contributed by atoms with Crippen LogP contribution in [-0.4, -0.2) is 16.4 Å². The highest BCUT2D eigenvalue weighted by molar-refractivity contribution is 6.88. The van der Waals surface area contributed by atoms with Gasteiger partial charge in [-0.1, -0.05) is 73.4 Å². The van der Waals surface area contributed by atoms with E-state index in [0.717, 1.165) is 5.75 Å². The largest absolute Gasteiger partial charge is 0.544 e. The third kappa shape index (κ3) is 7.88. The molecule has 0 amide bonds. The maximum Gasteiger partial charge on any atom is 0.242 e. The predicted molar refractivity (Wildman–Crippen MR) is 99.8 cm³/mol. The fraction of sp³-hybridized carbons (Fsp3) is 0.333. The molecule has 2 aromatic carbocycles. The smallest absolute Gasteiger partial charge is 0.242 e. The highest BCUT2D eigenvalue weighted by Crippen LogP contribution is 2.14. The summed E-state index contributed by atoms with van der Waals surface area (Å²) >= 11 is 0. The van der Waals surface area contributed by atoms with E-state index in [1.54, 1.807) is 0 Å². The zero-order chi connectivity index (χ0) is 15.9. The van der Waals surface area contributed by atoms with Gasteiger partial charge in [-0.25, -0.2) is 0 Å². The molecule has 0 saturated carbocycles. The number of para-hydroxylation sites is 1. The molecule has 0 bridgehead atoms. The van der Waals surface area contributed by atoms with E-state index in [2.05, 4.69) is 69.6 Å². The molecule has 21 heavy (non-hydrogen) atoms. The summed E-state index contributed by atoms with van der Waals surface area (Å²) in [6.07, 6.45) is 0. The molecule has 0 saturated heterocycles. The van der Waals surface area contributed by atoms with Gasteiger partial charge in [0.05, 0.1) is 8.07 Å². The van der Waals surface area contributed by atoms with Crippen LogP contribution in [-0.2, 0) is 0 Å². The molecule has 0 aromatic heterocycles. The normalized spacial score (nSPS) is 11.3. The Kier molecular flexibility index (Phi) is 6.43. The molecule has 0 aliphatic rings. The Morgan fingerprint density at radius 3 is 1.38 bits per heavy atom. The molecule has 0 N–H and O–H groups in total. The van der Waals surface area contributed by atoms with E-state index in [0.29, 0.717) is 0 Å². The van der Waals surface area contributed by atoms with Gasteiger partial charge in [0.1, 0.15) is 5.75 Å². The van der Waals surface area contributed by atoms with E-state index < -0.39 is 16.4 Å². The summed E-state index contributed by atoms with van der Waals surface area (Å²) in [4.78, 5) is 0. The molecule has 0 unspecified atom stereocenters. The third-order valence-electron chi connectivity index (χ3n) is 2.81. The van der Waals surface area contributed by atoms with E-state index in [4.69, 9.17) is 4.43 Å². The summed E-state index contributed by atoms with van der Waals surface area (Å²) in [6.45, 7) is 13.6.